The van der Waals surface area contributed by atoms with E-state index in [2.05, 4.69) is 37.3 Å². The quantitative estimate of drug-likeness (QED) is 0.487. The van der Waals surface area contributed by atoms with Crippen molar-refractivity contribution in [2.45, 2.75) is 31.2 Å². The number of rotatable bonds is 7. The highest BCUT2D eigenvalue weighted by Crippen LogP contribution is 2.21. The molecule has 0 spiro atoms. The van der Waals surface area contributed by atoms with Gasteiger partial charge in [0.25, 0.3) is 0 Å². The molecule has 2 amide bonds. The van der Waals surface area contributed by atoms with Gasteiger partial charge in [0.2, 0.25) is 0 Å². The summed E-state index contributed by atoms with van der Waals surface area (Å²) in [5, 5.41) is 14.6. The number of nitrogens with one attached hydrogen (secondary N) is 2. The van der Waals surface area contributed by atoms with E-state index in [1.54, 1.807) is 23.1 Å². The highest BCUT2D eigenvalue weighted by Gasteiger charge is 2.06. The van der Waals surface area contributed by atoms with Crippen molar-refractivity contribution in [1.82, 2.24) is 25.1 Å². The Morgan fingerprint density at radius 2 is 2.24 bits per heavy atom. The molecule has 1 aromatic carbocycles. The van der Waals surface area contributed by atoms with Crippen molar-refractivity contribution < 1.29 is 4.79 Å². The van der Waals surface area contributed by atoms with Gasteiger partial charge in [-0.2, -0.15) is 0 Å². The Kier molecular flexibility index (Phi) is 5.87. The van der Waals surface area contributed by atoms with Gasteiger partial charge in [-0.25, -0.2) is 9.78 Å². The standard InChI is InChI=1S/C16H20N6OS2/c1-3-7-22-10-18-13-9-12(4-5-14(13)22)19-15(23)17-6-8-24-16-21-20-11(2)25-16/h4-5,9-10H,3,6-8H2,1-2H3,(H2,17,19,23). The summed E-state index contributed by atoms with van der Waals surface area (Å²) in [7, 11) is 0. The van der Waals surface area contributed by atoms with E-state index >= 15 is 0 Å². The summed E-state index contributed by atoms with van der Waals surface area (Å²) < 4.78 is 3.04. The number of nitrogens with zero attached hydrogens (tertiary/aromatic N) is 4. The minimum Gasteiger partial charge on any atom is -0.337 e. The number of fused-ring (bicyclic) bond motifs is 1. The number of urea groups is 1. The molecule has 0 saturated carbocycles. The van der Waals surface area contributed by atoms with Crippen LogP contribution in [0.4, 0.5) is 10.5 Å². The summed E-state index contributed by atoms with van der Waals surface area (Å²) >= 11 is 3.15. The Balaban J connectivity index is 1.48. The van der Waals surface area contributed by atoms with Crippen molar-refractivity contribution in [2.24, 2.45) is 0 Å². The maximum absolute atomic E-state index is 12.0. The van der Waals surface area contributed by atoms with Crippen LogP contribution in [0.1, 0.15) is 18.4 Å². The van der Waals surface area contributed by atoms with Gasteiger partial charge in [-0.05, 0) is 31.5 Å². The second-order valence-electron chi connectivity index (χ2n) is 5.46. The second kappa shape index (κ2) is 8.30. The Morgan fingerprint density at radius 1 is 1.36 bits per heavy atom. The molecule has 132 valence electrons. The van der Waals surface area contributed by atoms with Crippen LogP contribution in [0.25, 0.3) is 11.0 Å². The number of aryl methyl sites for hydroxylation is 2. The fourth-order valence-electron chi connectivity index (χ4n) is 2.38. The predicted octanol–water partition coefficient (Wildman–Crippen LogP) is 3.52. The third-order valence-corrected chi connectivity index (χ3v) is 5.44. The maximum Gasteiger partial charge on any atom is 0.319 e. The Bertz CT molecular complexity index is 859. The van der Waals surface area contributed by atoms with Crippen molar-refractivity contribution in [2.75, 3.05) is 17.6 Å². The molecule has 2 N–H and O–H groups in total. The van der Waals surface area contributed by atoms with E-state index < -0.39 is 0 Å². The zero-order chi connectivity index (χ0) is 17.6. The van der Waals surface area contributed by atoms with Crippen LogP contribution in [0.5, 0.6) is 0 Å². The fraction of sp³-hybridized carbons (Fsp3) is 0.375. The van der Waals surface area contributed by atoms with E-state index in [1.165, 1.54) is 0 Å². The molecule has 0 radical (unpaired) electrons. The summed E-state index contributed by atoms with van der Waals surface area (Å²) in [6.45, 7) is 5.56. The molecule has 0 aliphatic heterocycles. The zero-order valence-electron chi connectivity index (χ0n) is 14.2. The van der Waals surface area contributed by atoms with Crippen LogP contribution in [0.2, 0.25) is 0 Å². The van der Waals surface area contributed by atoms with Crippen LogP contribution >= 0.6 is 23.1 Å². The first-order chi connectivity index (χ1) is 12.2. The number of amides is 2. The highest BCUT2D eigenvalue weighted by molar-refractivity contribution is 8.01. The number of imidazole rings is 1. The molecular formula is C16H20N6OS2. The van der Waals surface area contributed by atoms with Gasteiger partial charge in [0, 0.05) is 24.5 Å². The summed E-state index contributed by atoms with van der Waals surface area (Å²) in [6.07, 6.45) is 2.90. The Hall–Kier alpha value is -2.13. The van der Waals surface area contributed by atoms with Gasteiger partial charge in [0.15, 0.2) is 4.34 Å². The number of thioether (sulfide) groups is 1. The topological polar surface area (TPSA) is 84.7 Å². The molecule has 0 saturated heterocycles. The second-order valence-corrected chi connectivity index (χ2v) is 7.98. The first-order valence-electron chi connectivity index (χ1n) is 8.08. The van der Waals surface area contributed by atoms with Gasteiger partial charge >= 0.3 is 6.03 Å². The van der Waals surface area contributed by atoms with Crippen molar-refractivity contribution in [3.05, 3.63) is 29.5 Å². The fourth-order valence-corrected chi connectivity index (χ4v) is 4.12. The number of hydrogen-bond acceptors (Lipinski definition) is 6. The largest absolute Gasteiger partial charge is 0.337 e. The van der Waals surface area contributed by atoms with Crippen LogP contribution in [0, 0.1) is 6.92 Å². The highest BCUT2D eigenvalue weighted by atomic mass is 32.2. The van der Waals surface area contributed by atoms with Crippen LogP contribution < -0.4 is 10.6 Å². The molecule has 0 aliphatic carbocycles. The predicted molar refractivity (Wildman–Crippen MR) is 102 cm³/mol. The van der Waals surface area contributed by atoms with Gasteiger partial charge in [-0.15, -0.1) is 10.2 Å². The molecule has 3 rings (SSSR count). The van der Waals surface area contributed by atoms with Gasteiger partial charge in [0.05, 0.1) is 17.4 Å². The average molecular weight is 377 g/mol. The van der Waals surface area contributed by atoms with Crippen LogP contribution in [-0.4, -0.2) is 38.1 Å². The minimum atomic E-state index is -0.221. The van der Waals surface area contributed by atoms with Crippen LogP contribution in [0.15, 0.2) is 28.9 Å². The lowest BCUT2D eigenvalue weighted by atomic mass is 10.2. The molecule has 0 unspecified atom stereocenters. The van der Waals surface area contributed by atoms with E-state index in [9.17, 15) is 4.79 Å². The Labute approximate surface area is 154 Å². The van der Waals surface area contributed by atoms with Gasteiger partial charge in [0.1, 0.15) is 5.01 Å². The third kappa shape index (κ3) is 4.70. The van der Waals surface area contributed by atoms with Crippen molar-refractivity contribution in [3.63, 3.8) is 0 Å². The molecule has 25 heavy (non-hydrogen) atoms. The first kappa shape index (κ1) is 17.7. The summed E-state index contributed by atoms with van der Waals surface area (Å²) in [4.78, 5) is 16.4. The Morgan fingerprint density at radius 3 is 3.00 bits per heavy atom. The SMILES string of the molecule is CCCn1cnc2cc(NC(=O)NCCSc3nnc(C)s3)ccc21. The number of carbonyl (C=O) groups excluding carboxylic acids is 1. The molecule has 9 heteroatoms. The third-order valence-electron chi connectivity index (χ3n) is 3.46. The molecule has 0 atom stereocenters. The number of hydrogen-bond donors (Lipinski definition) is 2. The number of aromatic nitrogens is 4. The monoisotopic (exact) mass is 376 g/mol. The molecule has 3 aromatic rings. The molecule has 0 fully saturated rings. The lowest BCUT2D eigenvalue weighted by Gasteiger charge is -2.07. The zero-order valence-corrected chi connectivity index (χ0v) is 15.8. The summed E-state index contributed by atoms with van der Waals surface area (Å²) in [5.41, 5.74) is 2.70. The lowest BCUT2D eigenvalue weighted by Crippen LogP contribution is -2.30. The van der Waals surface area contributed by atoms with Gasteiger partial charge in [-0.1, -0.05) is 30.0 Å². The van der Waals surface area contributed by atoms with Gasteiger partial charge in [-0.3, -0.25) is 0 Å². The normalized spacial score (nSPS) is 11.0. The lowest BCUT2D eigenvalue weighted by molar-refractivity contribution is 0.252. The van der Waals surface area contributed by atoms with Crippen LogP contribution in [-0.2, 0) is 6.54 Å². The van der Waals surface area contributed by atoms with E-state index in [0.717, 1.165) is 44.8 Å². The van der Waals surface area contributed by atoms with E-state index in [1.807, 2.05) is 31.5 Å². The smallest absolute Gasteiger partial charge is 0.319 e. The molecule has 7 nitrogen and oxygen atoms in total. The minimum absolute atomic E-state index is 0.221. The molecular weight excluding hydrogens is 356 g/mol. The number of benzene rings is 1. The van der Waals surface area contributed by atoms with E-state index in [-0.39, 0.29) is 6.03 Å². The maximum atomic E-state index is 12.0. The number of anilines is 1. The molecule has 2 aromatic heterocycles. The summed E-state index contributed by atoms with van der Waals surface area (Å²) in [6, 6.07) is 5.55. The van der Waals surface area contributed by atoms with Crippen molar-refractivity contribution in [3.8, 4) is 0 Å². The average Bonchev–Trinajstić information content (AvgIpc) is 3.18. The van der Waals surface area contributed by atoms with E-state index in [0.29, 0.717) is 6.54 Å². The van der Waals surface area contributed by atoms with Crippen molar-refractivity contribution >= 4 is 45.9 Å². The van der Waals surface area contributed by atoms with Gasteiger partial charge < -0.3 is 15.2 Å². The molecule has 2 heterocycles. The van der Waals surface area contributed by atoms with Crippen molar-refractivity contribution in [1.29, 1.82) is 0 Å². The molecule has 0 aliphatic rings. The van der Waals surface area contributed by atoms with Crippen LogP contribution in [0.3, 0.4) is 0 Å². The number of carbonyl (C=O) groups is 1. The summed E-state index contributed by atoms with van der Waals surface area (Å²) in [5.74, 6) is 0.752. The first-order valence-corrected chi connectivity index (χ1v) is 9.88. The molecule has 0 bridgehead atoms. The van der Waals surface area contributed by atoms with E-state index in [4.69, 9.17) is 0 Å².